The minimum atomic E-state index is -0.473. The number of carbonyl (C=O) groups is 1. The Labute approximate surface area is 139 Å². The van der Waals surface area contributed by atoms with Crippen molar-refractivity contribution in [2.75, 3.05) is 7.11 Å². The fourth-order valence-electron chi connectivity index (χ4n) is 3.06. The molecule has 0 radical (unpaired) electrons. The van der Waals surface area contributed by atoms with Crippen molar-refractivity contribution in [1.29, 1.82) is 0 Å². The van der Waals surface area contributed by atoms with E-state index in [1.165, 1.54) is 6.26 Å². The molecule has 120 valence electrons. The summed E-state index contributed by atoms with van der Waals surface area (Å²) < 4.78 is 12.5. The SMILES string of the molecule is COc1ccc([C@H]2N=Cc3cccn3[C@@H]2C(=O)c2ccco2)cc1. The van der Waals surface area contributed by atoms with E-state index in [0.29, 0.717) is 5.76 Å². The third-order valence-corrected chi connectivity index (χ3v) is 4.27. The number of carbonyl (C=O) groups excluding carboxylic acids is 1. The van der Waals surface area contributed by atoms with Crippen LogP contribution in [0.2, 0.25) is 0 Å². The molecule has 0 saturated carbocycles. The standard InChI is InChI=1S/C19H16N2O3/c1-23-15-8-6-13(7-9-15)17-18(19(22)16-5-3-11-24-16)21-10-2-4-14(21)12-20-17/h2-12,17-18H,1H3/t17-,18+/m1/s1. The number of methoxy groups -OCH3 is 1. The third kappa shape index (κ3) is 2.34. The molecule has 4 rings (SSSR count). The van der Waals surface area contributed by atoms with Crippen molar-refractivity contribution in [3.05, 3.63) is 78.0 Å². The summed E-state index contributed by atoms with van der Waals surface area (Å²) in [7, 11) is 1.63. The maximum absolute atomic E-state index is 13.0. The van der Waals surface area contributed by atoms with Crippen molar-refractivity contribution in [1.82, 2.24) is 4.57 Å². The summed E-state index contributed by atoms with van der Waals surface area (Å²) in [5.74, 6) is 1.03. The summed E-state index contributed by atoms with van der Waals surface area (Å²) in [6.07, 6.45) is 5.22. The van der Waals surface area contributed by atoms with Gasteiger partial charge in [0.25, 0.3) is 0 Å². The van der Waals surface area contributed by atoms with Crippen LogP contribution in [0.4, 0.5) is 0 Å². The number of aromatic nitrogens is 1. The van der Waals surface area contributed by atoms with Gasteiger partial charge in [0, 0.05) is 12.4 Å². The highest BCUT2D eigenvalue weighted by atomic mass is 16.5. The molecule has 0 N–H and O–H groups in total. The van der Waals surface area contributed by atoms with Crippen LogP contribution in [0.1, 0.15) is 33.9 Å². The first-order valence-electron chi connectivity index (χ1n) is 7.69. The molecule has 24 heavy (non-hydrogen) atoms. The van der Waals surface area contributed by atoms with Gasteiger partial charge in [0.2, 0.25) is 5.78 Å². The van der Waals surface area contributed by atoms with Crippen LogP contribution >= 0.6 is 0 Å². The van der Waals surface area contributed by atoms with Gasteiger partial charge in [-0.1, -0.05) is 12.1 Å². The molecular weight excluding hydrogens is 304 g/mol. The molecule has 5 nitrogen and oxygen atoms in total. The van der Waals surface area contributed by atoms with Crippen LogP contribution in [-0.2, 0) is 0 Å². The quantitative estimate of drug-likeness (QED) is 0.689. The first kappa shape index (κ1) is 14.5. The Morgan fingerprint density at radius 3 is 2.71 bits per heavy atom. The Bertz CT molecular complexity index is 876. The van der Waals surface area contributed by atoms with Crippen molar-refractivity contribution < 1.29 is 13.9 Å². The second-order valence-corrected chi connectivity index (χ2v) is 5.62. The van der Waals surface area contributed by atoms with Crippen molar-refractivity contribution in [3.63, 3.8) is 0 Å². The van der Waals surface area contributed by atoms with E-state index in [-0.39, 0.29) is 11.8 Å². The van der Waals surface area contributed by atoms with Gasteiger partial charge in [0.15, 0.2) is 5.76 Å². The normalized spacial score (nSPS) is 19.0. The second kappa shape index (κ2) is 5.85. The average Bonchev–Trinajstić information content (AvgIpc) is 3.31. The van der Waals surface area contributed by atoms with E-state index in [2.05, 4.69) is 4.99 Å². The monoisotopic (exact) mass is 320 g/mol. The highest BCUT2D eigenvalue weighted by Crippen LogP contribution is 2.37. The number of furan rings is 1. The van der Waals surface area contributed by atoms with Crippen molar-refractivity contribution in [2.24, 2.45) is 4.99 Å². The first-order valence-corrected chi connectivity index (χ1v) is 7.69. The summed E-state index contributed by atoms with van der Waals surface area (Å²) in [6.45, 7) is 0. The number of hydrogen-bond donors (Lipinski definition) is 0. The van der Waals surface area contributed by atoms with Gasteiger partial charge >= 0.3 is 0 Å². The highest BCUT2D eigenvalue weighted by Gasteiger charge is 2.35. The fourth-order valence-corrected chi connectivity index (χ4v) is 3.06. The topological polar surface area (TPSA) is 56.7 Å². The van der Waals surface area contributed by atoms with Gasteiger partial charge in [-0.05, 0) is 42.0 Å². The van der Waals surface area contributed by atoms with E-state index in [1.807, 2.05) is 47.2 Å². The number of aliphatic imine (C=N–C) groups is 1. The molecule has 0 unspecified atom stereocenters. The number of ketones is 1. The molecule has 0 fully saturated rings. The first-order chi connectivity index (χ1) is 11.8. The van der Waals surface area contributed by atoms with Crippen LogP contribution < -0.4 is 4.74 Å². The molecule has 0 amide bonds. The maximum atomic E-state index is 13.0. The number of fused-ring (bicyclic) bond motifs is 1. The Kier molecular flexibility index (Phi) is 3.54. The summed E-state index contributed by atoms with van der Waals surface area (Å²) >= 11 is 0. The van der Waals surface area contributed by atoms with Gasteiger partial charge in [0.05, 0.1) is 19.1 Å². The molecule has 0 aliphatic carbocycles. The van der Waals surface area contributed by atoms with Crippen LogP contribution in [0, 0.1) is 0 Å². The Hall–Kier alpha value is -3.08. The van der Waals surface area contributed by atoms with Crippen molar-refractivity contribution >= 4 is 12.0 Å². The van der Waals surface area contributed by atoms with Gasteiger partial charge in [-0.2, -0.15) is 0 Å². The minimum absolute atomic E-state index is 0.0879. The van der Waals surface area contributed by atoms with E-state index in [0.717, 1.165) is 17.0 Å². The minimum Gasteiger partial charge on any atom is -0.497 e. The van der Waals surface area contributed by atoms with Crippen LogP contribution in [0.3, 0.4) is 0 Å². The maximum Gasteiger partial charge on any atom is 0.223 e. The van der Waals surface area contributed by atoms with Gasteiger partial charge in [0.1, 0.15) is 17.8 Å². The number of rotatable bonds is 4. The van der Waals surface area contributed by atoms with Crippen LogP contribution in [-0.4, -0.2) is 23.7 Å². The number of Topliss-reactive ketones (excluding diaryl/α,β-unsaturated/α-hetero) is 1. The molecule has 0 bridgehead atoms. The number of hydrogen-bond acceptors (Lipinski definition) is 4. The molecule has 1 aliphatic heterocycles. The van der Waals surface area contributed by atoms with E-state index >= 15 is 0 Å². The molecule has 2 atom stereocenters. The lowest BCUT2D eigenvalue weighted by Gasteiger charge is -2.28. The summed E-state index contributed by atoms with van der Waals surface area (Å²) in [5.41, 5.74) is 1.86. The molecule has 0 saturated heterocycles. The summed E-state index contributed by atoms with van der Waals surface area (Å²) in [4.78, 5) is 17.6. The number of ether oxygens (including phenoxy) is 1. The van der Waals surface area contributed by atoms with Gasteiger partial charge in [-0.25, -0.2) is 0 Å². The van der Waals surface area contributed by atoms with Crippen LogP contribution in [0.25, 0.3) is 0 Å². The fraction of sp³-hybridized carbons (Fsp3) is 0.158. The van der Waals surface area contributed by atoms with Gasteiger partial charge < -0.3 is 13.7 Å². The largest absolute Gasteiger partial charge is 0.497 e. The van der Waals surface area contributed by atoms with Crippen LogP contribution in [0.15, 0.2) is 70.4 Å². The molecular formula is C19H16N2O3. The second-order valence-electron chi connectivity index (χ2n) is 5.62. The van der Waals surface area contributed by atoms with Crippen LogP contribution in [0.5, 0.6) is 5.75 Å². The third-order valence-electron chi connectivity index (χ3n) is 4.27. The molecule has 1 aliphatic rings. The summed E-state index contributed by atoms with van der Waals surface area (Å²) in [6, 6.07) is 14.1. The van der Waals surface area contributed by atoms with E-state index < -0.39 is 6.04 Å². The molecule has 2 aromatic heterocycles. The lowest BCUT2D eigenvalue weighted by molar-refractivity contribution is 0.0877. The predicted molar refractivity (Wildman–Crippen MR) is 89.8 cm³/mol. The van der Waals surface area contributed by atoms with E-state index in [4.69, 9.17) is 9.15 Å². The Balaban J connectivity index is 1.78. The predicted octanol–water partition coefficient (Wildman–Crippen LogP) is 3.69. The highest BCUT2D eigenvalue weighted by molar-refractivity contribution is 5.98. The lowest BCUT2D eigenvalue weighted by Crippen LogP contribution is -2.29. The lowest BCUT2D eigenvalue weighted by atomic mass is 9.93. The van der Waals surface area contributed by atoms with Gasteiger partial charge in [-0.3, -0.25) is 9.79 Å². The Morgan fingerprint density at radius 2 is 2.00 bits per heavy atom. The molecule has 1 aromatic carbocycles. The molecule has 3 aromatic rings. The van der Waals surface area contributed by atoms with Crippen molar-refractivity contribution in [3.8, 4) is 5.75 Å². The zero-order valence-corrected chi connectivity index (χ0v) is 13.1. The van der Waals surface area contributed by atoms with E-state index in [9.17, 15) is 4.79 Å². The summed E-state index contributed by atoms with van der Waals surface area (Å²) in [5, 5.41) is 0. The number of nitrogens with zero attached hydrogens (tertiary/aromatic N) is 2. The average molecular weight is 320 g/mol. The van der Waals surface area contributed by atoms with Crippen molar-refractivity contribution in [2.45, 2.75) is 12.1 Å². The number of benzene rings is 1. The molecule has 3 heterocycles. The molecule has 0 spiro atoms. The Morgan fingerprint density at radius 1 is 1.17 bits per heavy atom. The zero-order chi connectivity index (χ0) is 16.5. The zero-order valence-electron chi connectivity index (χ0n) is 13.1. The molecule has 5 heteroatoms. The van der Waals surface area contributed by atoms with Gasteiger partial charge in [-0.15, -0.1) is 0 Å². The smallest absolute Gasteiger partial charge is 0.223 e. The van der Waals surface area contributed by atoms with E-state index in [1.54, 1.807) is 25.5 Å².